The van der Waals surface area contributed by atoms with E-state index in [2.05, 4.69) is 10.3 Å². The van der Waals surface area contributed by atoms with Crippen molar-refractivity contribution in [2.24, 2.45) is 5.92 Å². The Labute approximate surface area is 150 Å². The fourth-order valence-corrected chi connectivity index (χ4v) is 3.37. The van der Waals surface area contributed by atoms with E-state index in [0.717, 1.165) is 5.56 Å². The zero-order valence-electron chi connectivity index (χ0n) is 14.7. The van der Waals surface area contributed by atoms with Crippen LogP contribution in [0.2, 0.25) is 0 Å². The first-order valence-corrected chi connectivity index (χ1v) is 8.79. The van der Waals surface area contributed by atoms with Crippen LogP contribution in [0.15, 0.2) is 24.3 Å². The second-order valence-electron chi connectivity index (χ2n) is 6.16. The zero-order chi connectivity index (χ0) is 18.6. The first-order chi connectivity index (χ1) is 11.8. The highest BCUT2D eigenvalue weighted by Gasteiger charge is 2.24. The minimum Gasteiger partial charge on any atom is -0.497 e. The summed E-state index contributed by atoms with van der Waals surface area (Å²) in [5, 5.41) is 12.6. The summed E-state index contributed by atoms with van der Waals surface area (Å²) in [7, 11) is 1.59. The van der Waals surface area contributed by atoms with Crippen molar-refractivity contribution in [2.45, 2.75) is 33.2 Å². The number of aryl methyl sites for hydroxylation is 1. The van der Waals surface area contributed by atoms with E-state index in [1.165, 1.54) is 11.3 Å². The van der Waals surface area contributed by atoms with Crippen LogP contribution >= 0.6 is 11.3 Å². The third-order valence-corrected chi connectivity index (χ3v) is 4.84. The summed E-state index contributed by atoms with van der Waals surface area (Å²) in [6.45, 7) is 5.58. The quantitative estimate of drug-likeness (QED) is 0.788. The number of methoxy groups -OCH3 is 1. The van der Waals surface area contributed by atoms with Gasteiger partial charge in [0.25, 0.3) is 5.91 Å². The van der Waals surface area contributed by atoms with Crippen molar-refractivity contribution >= 4 is 23.2 Å². The molecule has 6 nitrogen and oxygen atoms in total. The molecule has 1 amide bonds. The highest BCUT2D eigenvalue weighted by Crippen LogP contribution is 2.30. The number of ether oxygens (including phenoxy) is 1. The van der Waals surface area contributed by atoms with Gasteiger partial charge in [-0.05, 0) is 31.4 Å². The molecule has 1 atom stereocenters. The van der Waals surface area contributed by atoms with Crippen LogP contribution in [0.5, 0.6) is 5.75 Å². The average molecular weight is 362 g/mol. The van der Waals surface area contributed by atoms with Crippen LogP contribution in [0.3, 0.4) is 0 Å². The molecular weight excluding hydrogens is 340 g/mol. The lowest BCUT2D eigenvalue weighted by molar-refractivity contribution is -0.139. The van der Waals surface area contributed by atoms with E-state index in [-0.39, 0.29) is 5.92 Å². The van der Waals surface area contributed by atoms with Crippen molar-refractivity contribution in [2.75, 3.05) is 7.11 Å². The summed E-state index contributed by atoms with van der Waals surface area (Å²) in [5.41, 5.74) is 1.43. The number of rotatable bonds is 7. The number of nitrogens with zero attached hydrogens (tertiary/aromatic N) is 1. The van der Waals surface area contributed by atoms with Crippen LogP contribution in [0.25, 0.3) is 10.6 Å². The molecule has 134 valence electrons. The van der Waals surface area contributed by atoms with Crippen LogP contribution in [0, 0.1) is 12.8 Å². The average Bonchev–Trinajstić information content (AvgIpc) is 2.95. The van der Waals surface area contributed by atoms with Gasteiger partial charge < -0.3 is 15.2 Å². The number of carboxylic acid groups (broad SMARTS) is 1. The van der Waals surface area contributed by atoms with Crippen molar-refractivity contribution in [1.82, 2.24) is 10.3 Å². The normalized spacial score (nSPS) is 12.0. The molecule has 2 aromatic rings. The Morgan fingerprint density at radius 1 is 1.36 bits per heavy atom. The summed E-state index contributed by atoms with van der Waals surface area (Å²) < 4.78 is 5.21. The number of benzene rings is 1. The van der Waals surface area contributed by atoms with Gasteiger partial charge >= 0.3 is 5.97 Å². The van der Waals surface area contributed by atoms with E-state index < -0.39 is 17.9 Å². The van der Waals surface area contributed by atoms with E-state index in [4.69, 9.17) is 4.74 Å². The molecule has 0 aliphatic heterocycles. The molecule has 0 saturated carbocycles. The molecule has 7 heteroatoms. The zero-order valence-corrected chi connectivity index (χ0v) is 15.5. The van der Waals surface area contributed by atoms with E-state index in [1.54, 1.807) is 14.0 Å². The lowest BCUT2D eigenvalue weighted by atomic mass is 10.0. The maximum absolute atomic E-state index is 12.5. The minimum atomic E-state index is -1.03. The van der Waals surface area contributed by atoms with Crippen LogP contribution in [-0.4, -0.2) is 35.1 Å². The van der Waals surface area contributed by atoms with Crippen LogP contribution in [0.4, 0.5) is 0 Å². The second-order valence-corrected chi connectivity index (χ2v) is 7.16. The van der Waals surface area contributed by atoms with Gasteiger partial charge in [0.1, 0.15) is 21.7 Å². The predicted molar refractivity (Wildman–Crippen MR) is 97.2 cm³/mol. The third-order valence-electron chi connectivity index (χ3n) is 3.63. The number of amides is 1. The van der Waals surface area contributed by atoms with Crippen molar-refractivity contribution in [3.05, 3.63) is 34.8 Å². The van der Waals surface area contributed by atoms with Gasteiger partial charge in [0.15, 0.2) is 0 Å². The standard InChI is InChI=1S/C18H22N2O4S/c1-10(2)8-14(18(22)23)20-16(21)15-11(3)19-17(25-15)12-6-5-7-13(9-12)24-4/h5-7,9-10,14H,8H2,1-4H3,(H,20,21)(H,22,23). The first kappa shape index (κ1) is 18.9. The Kier molecular flexibility index (Phi) is 6.14. The highest BCUT2D eigenvalue weighted by atomic mass is 32.1. The number of carboxylic acids is 1. The molecule has 1 heterocycles. The maximum atomic E-state index is 12.5. The Balaban J connectivity index is 2.23. The highest BCUT2D eigenvalue weighted by molar-refractivity contribution is 7.17. The molecule has 1 aromatic heterocycles. The monoisotopic (exact) mass is 362 g/mol. The fraction of sp³-hybridized carbons (Fsp3) is 0.389. The van der Waals surface area contributed by atoms with E-state index in [1.807, 2.05) is 38.1 Å². The van der Waals surface area contributed by atoms with E-state index in [0.29, 0.717) is 27.7 Å². The number of hydrogen-bond donors (Lipinski definition) is 2. The summed E-state index contributed by atoms with van der Waals surface area (Å²) in [6, 6.07) is 6.52. The molecule has 0 spiro atoms. The molecule has 0 aliphatic rings. The molecule has 0 fully saturated rings. The molecule has 0 aliphatic carbocycles. The Morgan fingerprint density at radius 2 is 2.08 bits per heavy atom. The van der Waals surface area contributed by atoms with Gasteiger partial charge in [0.05, 0.1) is 12.8 Å². The molecule has 25 heavy (non-hydrogen) atoms. The second kappa shape index (κ2) is 8.11. The van der Waals surface area contributed by atoms with Gasteiger partial charge in [-0.1, -0.05) is 26.0 Å². The van der Waals surface area contributed by atoms with E-state index in [9.17, 15) is 14.7 Å². The number of thiazole rings is 1. The van der Waals surface area contributed by atoms with Crippen LogP contribution in [0.1, 0.15) is 35.6 Å². The lowest BCUT2D eigenvalue weighted by Crippen LogP contribution is -2.41. The van der Waals surface area contributed by atoms with Gasteiger partial charge in [0, 0.05) is 5.56 Å². The number of carbonyl (C=O) groups excluding carboxylic acids is 1. The predicted octanol–water partition coefficient (Wildman–Crippen LogP) is 3.36. The Morgan fingerprint density at radius 3 is 2.68 bits per heavy atom. The van der Waals surface area contributed by atoms with Gasteiger partial charge in [-0.2, -0.15) is 0 Å². The van der Waals surface area contributed by atoms with Gasteiger partial charge in [-0.15, -0.1) is 11.3 Å². The van der Waals surface area contributed by atoms with Gasteiger partial charge in [-0.3, -0.25) is 4.79 Å². The number of nitrogens with one attached hydrogen (secondary N) is 1. The molecule has 0 saturated heterocycles. The molecule has 0 bridgehead atoms. The molecule has 2 rings (SSSR count). The summed E-state index contributed by atoms with van der Waals surface area (Å²) in [6.07, 6.45) is 0.377. The smallest absolute Gasteiger partial charge is 0.326 e. The number of hydrogen-bond acceptors (Lipinski definition) is 5. The molecule has 1 unspecified atom stereocenters. The maximum Gasteiger partial charge on any atom is 0.326 e. The molecule has 0 radical (unpaired) electrons. The number of aliphatic carboxylic acids is 1. The van der Waals surface area contributed by atoms with Crippen LogP contribution in [-0.2, 0) is 4.79 Å². The fourth-order valence-electron chi connectivity index (χ4n) is 2.40. The summed E-state index contributed by atoms with van der Waals surface area (Å²) in [5.74, 6) is -0.565. The summed E-state index contributed by atoms with van der Waals surface area (Å²) in [4.78, 5) is 28.7. The SMILES string of the molecule is COc1cccc(-c2nc(C)c(C(=O)NC(CC(C)C)C(=O)O)s2)c1. The van der Waals surface area contributed by atoms with Crippen molar-refractivity contribution < 1.29 is 19.4 Å². The van der Waals surface area contributed by atoms with Crippen LogP contribution < -0.4 is 10.1 Å². The van der Waals surface area contributed by atoms with Crippen molar-refractivity contribution in [3.63, 3.8) is 0 Å². The Hall–Kier alpha value is -2.41. The van der Waals surface area contributed by atoms with Crippen molar-refractivity contribution in [3.8, 4) is 16.3 Å². The topological polar surface area (TPSA) is 88.5 Å². The number of carbonyl (C=O) groups is 2. The van der Waals surface area contributed by atoms with Gasteiger partial charge in [-0.25, -0.2) is 9.78 Å². The van der Waals surface area contributed by atoms with E-state index >= 15 is 0 Å². The third kappa shape index (κ3) is 4.79. The largest absolute Gasteiger partial charge is 0.497 e. The minimum absolute atomic E-state index is 0.163. The molecule has 2 N–H and O–H groups in total. The first-order valence-electron chi connectivity index (χ1n) is 7.97. The molecule has 1 aromatic carbocycles. The van der Waals surface area contributed by atoms with Crippen molar-refractivity contribution in [1.29, 1.82) is 0 Å². The molecular formula is C18H22N2O4S. The van der Waals surface area contributed by atoms with Gasteiger partial charge in [0.2, 0.25) is 0 Å². The summed E-state index contributed by atoms with van der Waals surface area (Å²) >= 11 is 1.24. The lowest BCUT2D eigenvalue weighted by Gasteiger charge is -2.15. The Bertz CT molecular complexity index is 770. The number of aromatic nitrogens is 1.